The number of carbonyl (C=O) groups excluding carboxylic acids is 1. The molecular weight excluding hydrogens is 368 g/mol. The van der Waals surface area contributed by atoms with Gasteiger partial charge in [-0.05, 0) is 72.8 Å². The summed E-state index contributed by atoms with van der Waals surface area (Å²) in [5.41, 5.74) is 2.66. The van der Waals surface area contributed by atoms with E-state index in [0.29, 0.717) is 11.6 Å². The fourth-order valence-corrected chi connectivity index (χ4v) is 4.59. The number of nitrogens with zero attached hydrogens (tertiary/aromatic N) is 1. The van der Waals surface area contributed by atoms with Crippen LogP contribution in [0.15, 0.2) is 66.0 Å². The monoisotopic (exact) mass is 392 g/mol. The average molecular weight is 393 g/mol. The molecule has 144 valence electrons. The lowest BCUT2D eigenvalue weighted by atomic mass is 10.1. The van der Waals surface area contributed by atoms with Gasteiger partial charge in [-0.2, -0.15) is 0 Å². The summed E-state index contributed by atoms with van der Waals surface area (Å²) in [6, 6.07) is 20.2. The molecule has 0 radical (unpaired) electrons. The van der Waals surface area contributed by atoms with Gasteiger partial charge in [0, 0.05) is 28.7 Å². The number of hydrogen-bond acceptors (Lipinski definition) is 4. The molecule has 1 atom stereocenters. The van der Waals surface area contributed by atoms with Gasteiger partial charge in [-0.25, -0.2) is 0 Å². The third-order valence-corrected chi connectivity index (χ3v) is 6.16. The van der Waals surface area contributed by atoms with Gasteiger partial charge >= 0.3 is 0 Å². The Morgan fingerprint density at radius 1 is 1.14 bits per heavy atom. The van der Waals surface area contributed by atoms with E-state index in [4.69, 9.17) is 4.74 Å². The first-order valence-corrected chi connectivity index (χ1v) is 10.4. The zero-order valence-electron chi connectivity index (χ0n) is 15.9. The second kappa shape index (κ2) is 8.59. The maximum absolute atomic E-state index is 12.5. The van der Waals surface area contributed by atoms with Gasteiger partial charge < -0.3 is 10.1 Å². The lowest BCUT2D eigenvalue weighted by molar-refractivity contribution is 0.102. The van der Waals surface area contributed by atoms with Gasteiger partial charge in [-0.1, -0.05) is 18.2 Å². The molecule has 0 bridgehead atoms. The number of ether oxygens (including phenoxy) is 1. The van der Waals surface area contributed by atoms with E-state index < -0.39 is 0 Å². The number of rotatable bonds is 6. The molecule has 0 unspecified atom stereocenters. The van der Waals surface area contributed by atoms with Gasteiger partial charge in [0.05, 0.1) is 7.11 Å². The minimum atomic E-state index is -0.102. The topological polar surface area (TPSA) is 41.6 Å². The predicted molar refractivity (Wildman–Crippen MR) is 114 cm³/mol. The smallest absolute Gasteiger partial charge is 0.255 e. The number of nitrogens with one attached hydrogen (secondary N) is 1. The third kappa shape index (κ3) is 4.26. The summed E-state index contributed by atoms with van der Waals surface area (Å²) in [5, 5.41) is 5.08. The summed E-state index contributed by atoms with van der Waals surface area (Å²) < 4.78 is 5.14. The number of likely N-dealkylation sites (tertiary alicyclic amines) is 1. The van der Waals surface area contributed by atoms with Crippen LogP contribution in [0.5, 0.6) is 5.75 Å². The van der Waals surface area contributed by atoms with Gasteiger partial charge in [0.15, 0.2) is 0 Å². The summed E-state index contributed by atoms with van der Waals surface area (Å²) in [6.45, 7) is 2.05. The first-order valence-electron chi connectivity index (χ1n) is 9.55. The van der Waals surface area contributed by atoms with E-state index in [1.165, 1.54) is 23.3 Å². The Hall–Kier alpha value is -2.63. The Labute approximate surface area is 169 Å². The molecule has 1 aromatic heterocycles. The number of methoxy groups -OCH3 is 1. The van der Waals surface area contributed by atoms with E-state index in [-0.39, 0.29) is 5.91 Å². The summed E-state index contributed by atoms with van der Waals surface area (Å²) in [7, 11) is 1.62. The van der Waals surface area contributed by atoms with Crippen LogP contribution in [0, 0.1) is 0 Å². The molecule has 0 saturated carbocycles. The number of thiophene rings is 1. The van der Waals surface area contributed by atoms with E-state index in [1.54, 1.807) is 7.11 Å². The quantitative estimate of drug-likeness (QED) is 0.615. The second-order valence-electron chi connectivity index (χ2n) is 7.02. The van der Waals surface area contributed by atoms with Crippen LogP contribution in [-0.4, -0.2) is 24.5 Å². The van der Waals surface area contributed by atoms with Crippen LogP contribution in [0.3, 0.4) is 0 Å². The molecule has 4 rings (SSSR count). The standard InChI is InChI=1S/C23H24N2O2S/c1-27-20-12-10-19(11-13-20)24-23(26)18-8-6-17(7-9-18)16-25-14-2-4-21(25)22-5-3-15-28-22/h3,5-13,15,21H,2,4,14,16H2,1H3,(H,24,26)/t21-/m0/s1. The minimum absolute atomic E-state index is 0.102. The Morgan fingerprint density at radius 2 is 1.93 bits per heavy atom. The summed E-state index contributed by atoms with van der Waals surface area (Å²) >= 11 is 1.84. The van der Waals surface area contributed by atoms with E-state index >= 15 is 0 Å². The van der Waals surface area contributed by atoms with Crippen molar-refractivity contribution in [1.29, 1.82) is 0 Å². The molecule has 28 heavy (non-hydrogen) atoms. The molecule has 1 amide bonds. The molecule has 1 aliphatic rings. The molecule has 0 spiro atoms. The minimum Gasteiger partial charge on any atom is -0.497 e. The van der Waals surface area contributed by atoms with Gasteiger partial charge in [-0.3, -0.25) is 9.69 Å². The molecule has 0 aliphatic carbocycles. The first-order chi connectivity index (χ1) is 13.7. The number of hydrogen-bond donors (Lipinski definition) is 1. The molecule has 1 saturated heterocycles. The number of amides is 1. The molecule has 2 heterocycles. The maximum atomic E-state index is 12.5. The fourth-order valence-electron chi connectivity index (χ4n) is 3.69. The van der Waals surface area contributed by atoms with Crippen molar-refractivity contribution >= 4 is 22.9 Å². The maximum Gasteiger partial charge on any atom is 0.255 e. The summed E-state index contributed by atoms with van der Waals surface area (Å²) in [4.78, 5) is 16.5. The van der Waals surface area contributed by atoms with Gasteiger partial charge in [0.1, 0.15) is 5.75 Å². The highest BCUT2D eigenvalue weighted by atomic mass is 32.1. The first kappa shape index (κ1) is 18.7. The van der Waals surface area contributed by atoms with Crippen LogP contribution in [0.4, 0.5) is 5.69 Å². The lowest BCUT2D eigenvalue weighted by Crippen LogP contribution is -2.22. The van der Waals surface area contributed by atoms with Crippen molar-refractivity contribution in [3.05, 3.63) is 82.0 Å². The number of anilines is 1. The van der Waals surface area contributed by atoms with Crippen LogP contribution in [0.1, 0.15) is 39.7 Å². The molecule has 5 heteroatoms. The van der Waals surface area contributed by atoms with Crippen molar-refractivity contribution in [2.24, 2.45) is 0 Å². The highest BCUT2D eigenvalue weighted by molar-refractivity contribution is 7.10. The van der Waals surface area contributed by atoms with Crippen LogP contribution in [-0.2, 0) is 6.54 Å². The predicted octanol–water partition coefficient (Wildman–Crippen LogP) is 5.35. The normalized spacial score (nSPS) is 16.8. The molecule has 4 nitrogen and oxygen atoms in total. The van der Waals surface area contributed by atoms with Gasteiger partial charge in [-0.15, -0.1) is 11.3 Å². The van der Waals surface area contributed by atoms with E-state index in [0.717, 1.165) is 24.5 Å². The Bertz CT molecular complexity index is 905. The van der Waals surface area contributed by atoms with Crippen LogP contribution >= 0.6 is 11.3 Å². The Kier molecular flexibility index (Phi) is 5.74. The van der Waals surface area contributed by atoms with E-state index in [1.807, 2.05) is 47.7 Å². The number of benzene rings is 2. The van der Waals surface area contributed by atoms with Crippen LogP contribution in [0.25, 0.3) is 0 Å². The Morgan fingerprint density at radius 3 is 2.61 bits per heavy atom. The van der Waals surface area contributed by atoms with E-state index in [9.17, 15) is 4.79 Å². The molecular formula is C23H24N2O2S. The van der Waals surface area contributed by atoms with Crippen LogP contribution < -0.4 is 10.1 Å². The van der Waals surface area contributed by atoms with Crippen molar-refractivity contribution in [3.8, 4) is 5.75 Å². The molecule has 3 aromatic rings. The molecule has 1 aliphatic heterocycles. The summed E-state index contributed by atoms with van der Waals surface area (Å²) in [6.07, 6.45) is 2.47. The molecule has 1 fully saturated rings. The fraction of sp³-hybridized carbons (Fsp3) is 0.261. The number of carbonyl (C=O) groups is 1. The summed E-state index contributed by atoms with van der Waals surface area (Å²) in [5.74, 6) is 0.666. The Balaban J connectivity index is 1.38. The van der Waals surface area contributed by atoms with Gasteiger partial charge in [0.2, 0.25) is 0 Å². The van der Waals surface area contributed by atoms with Crippen LogP contribution in [0.2, 0.25) is 0 Å². The lowest BCUT2D eigenvalue weighted by Gasteiger charge is -2.23. The van der Waals surface area contributed by atoms with E-state index in [2.05, 4.69) is 39.9 Å². The second-order valence-corrected chi connectivity index (χ2v) is 8.00. The highest BCUT2D eigenvalue weighted by Crippen LogP contribution is 2.35. The largest absolute Gasteiger partial charge is 0.497 e. The average Bonchev–Trinajstić information content (AvgIpc) is 3.41. The van der Waals surface area contributed by atoms with Crippen molar-refractivity contribution in [3.63, 3.8) is 0 Å². The molecule has 2 aromatic carbocycles. The zero-order chi connectivity index (χ0) is 19.3. The van der Waals surface area contributed by atoms with Crippen molar-refractivity contribution in [1.82, 2.24) is 4.90 Å². The highest BCUT2D eigenvalue weighted by Gasteiger charge is 2.26. The SMILES string of the molecule is COc1ccc(NC(=O)c2ccc(CN3CCC[C@H]3c3cccs3)cc2)cc1. The third-order valence-electron chi connectivity index (χ3n) is 5.18. The van der Waals surface area contributed by atoms with Crippen molar-refractivity contribution in [2.75, 3.05) is 19.0 Å². The van der Waals surface area contributed by atoms with Crippen molar-refractivity contribution < 1.29 is 9.53 Å². The zero-order valence-corrected chi connectivity index (χ0v) is 16.7. The molecule has 1 N–H and O–H groups in total. The van der Waals surface area contributed by atoms with Gasteiger partial charge in [0.25, 0.3) is 5.91 Å². The van der Waals surface area contributed by atoms with Crippen molar-refractivity contribution in [2.45, 2.75) is 25.4 Å².